The van der Waals surface area contributed by atoms with Crippen LogP contribution < -0.4 is 4.74 Å². The highest BCUT2D eigenvalue weighted by Gasteiger charge is 2.16. The Labute approximate surface area is 108 Å². The highest BCUT2D eigenvalue weighted by Crippen LogP contribution is 2.13. The van der Waals surface area contributed by atoms with Crippen molar-refractivity contribution in [3.63, 3.8) is 0 Å². The zero-order valence-corrected chi connectivity index (χ0v) is 11.8. The number of ether oxygens (including phenoxy) is 2. The fourth-order valence-electron chi connectivity index (χ4n) is 1.32. The lowest BCUT2D eigenvalue weighted by Gasteiger charge is -2.19. The number of hydrogen-bond acceptors (Lipinski definition) is 4. The van der Waals surface area contributed by atoms with Crippen molar-refractivity contribution in [2.24, 2.45) is 0 Å². The smallest absolute Gasteiger partial charge is 0.309 e. The molecule has 1 aromatic rings. The van der Waals surface area contributed by atoms with Gasteiger partial charge in [0.25, 0.3) is 0 Å². The van der Waals surface area contributed by atoms with Gasteiger partial charge in [0.15, 0.2) is 5.75 Å². The predicted octanol–water partition coefficient (Wildman–Crippen LogP) is 2.57. The predicted molar refractivity (Wildman–Crippen MR) is 68.6 cm³/mol. The fraction of sp³-hybridized carbons (Fsp3) is 0.692. The van der Waals surface area contributed by atoms with E-state index in [0.717, 1.165) is 0 Å². The second-order valence-corrected chi connectivity index (χ2v) is 5.43. The quantitative estimate of drug-likeness (QED) is 0.758. The van der Waals surface area contributed by atoms with Crippen molar-refractivity contribution in [3.8, 4) is 5.75 Å². The van der Waals surface area contributed by atoms with Gasteiger partial charge in [-0.05, 0) is 34.6 Å². The number of aromatic nitrogens is 2. The summed E-state index contributed by atoms with van der Waals surface area (Å²) >= 11 is 0. The first kappa shape index (κ1) is 14.5. The van der Waals surface area contributed by atoms with Crippen LogP contribution >= 0.6 is 0 Å². The molecule has 0 aliphatic rings. The molecule has 1 heterocycles. The van der Waals surface area contributed by atoms with Gasteiger partial charge in [-0.25, -0.2) is 0 Å². The van der Waals surface area contributed by atoms with E-state index in [9.17, 15) is 4.79 Å². The van der Waals surface area contributed by atoms with Crippen LogP contribution in [0.25, 0.3) is 0 Å². The second-order valence-electron chi connectivity index (χ2n) is 5.43. The van der Waals surface area contributed by atoms with E-state index in [4.69, 9.17) is 9.47 Å². The van der Waals surface area contributed by atoms with E-state index in [-0.39, 0.29) is 12.4 Å². The van der Waals surface area contributed by atoms with E-state index >= 15 is 0 Å². The summed E-state index contributed by atoms with van der Waals surface area (Å²) in [6.45, 7) is 9.92. The van der Waals surface area contributed by atoms with Gasteiger partial charge in [-0.15, -0.1) is 0 Å². The van der Waals surface area contributed by atoms with E-state index in [2.05, 4.69) is 5.10 Å². The molecule has 1 aromatic heterocycles. The summed E-state index contributed by atoms with van der Waals surface area (Å²) in [6, 6.07) is 0.299. The summed E-state index contributed by atoms with van der Waals surface area (Å²) < 4.78 is 12.4. The average Bonchev–Trinajstić information content (AvgIpc) is 2.63. The van der Waals surface area contributed by atoms with Crippen molar-refractivity contribution in [1.82, 2.24) is 9.78 Å². The first-order chi connectivity index (χ1) is 8.28. The van der Waals surface area contributed by atoms with Crippen LogP contribution in [-0.4, -0.2) is 28.0 Å². The molecule has 0 spiro atoms. The zero-order valence-electron chi connectivity index (χ0n) is 11.8. The Hall–Kier alpha value is -1.52. The summed E-state index contributed by atoms with van der Waals surface area (Å²) in [5.74, 6) is 0.422. The van der Waals surface area contributed by atoms with E-state index in [1.165, 1.54) is 0 Å². The minimum absolute atomic E-state index is 0.240. The maximum Gasteiger partial charge on any atom is 0.309 e. The van der Waals surface area contributed by atoms with Gasteiger partial charge in [0.2, 0.25) is 0 Å². The summed E-state index contributed by atoms with van der Waals surface area (Å²) in [7, 11) is 0. The summed E-state index contributed by atoms with van der Waals surface area (Å²) in [5, 5.41) is 4.15. The molecule has 0 saturated carbocycles. The fourth-order valence-corrected chi connectivity index (χ4v) is 1.32. The maximum absolute atomic E-state index is 11.4. The Bertz CT molecular complexity index is 391. The average molecular weight is 254 g/mol. The molecular formula is C13H22N2O3. The van der Waals surface area contributed by atoms with Gasteiger partial charge in [0.05, 0.1) is 25.4 Å². The molecule has 0 bridgehead atoms. The Morgan fingerprint density at radius 1 is 1.44 bits per heavy atom. The van der Waals surface area contributed by atoms with E-state index in [0.29, 0.717) is 18.4 Å². The van der Waals surface area contributed by atoms with Crippen molar-refractivity contribution >= 4 is 5.97 Å². The number of hydrogen-bond donors (Lipinski definition) is 0. The van der Waals surface area contributed by atoms with Crippen LogP contribution in [0.4, 0.5) is 0 Å². The number of carbonyl (C=O) groups excluding carboxylic acids is 1. The number of rotatable bonds is 5. The minimum atomic E-state index is -0.445. The van der Waals surface area contributed by atoms with Crippen LogP contribution in [0.3, 0.4) is 0 Å². The van der Waals surface area contributed by atoms with Gasteiger partial charge in [0.1, 0.15) is 5.60 Å². The third kappa shape index (κ3) is 5.21. The summed E-state index contributed by atoms with van der Waals surface area (Å²) in [6.07, 6.45) is 3.71. The molecule has 18 heavy (non-hydrogen) atoms. The van der Waals surface area contributed by atoms with E-state index in [1.807, 2.05) is 45.5 Å². The monoisotopic (exact) mass is 254 g/mol. The number of nitrogens with zero attached hydrogens (tertiary/aromatic N) is 2. The molecule has 5 nitrogen and oxygen atoms in total. The largest absolute Gasteiger partial charge is 0.490 e. The van der Waals surface area contributed by atoms with Gasteiger partial charge in [-0.1, -0.05) is 0 Å². The molecule has 0 aliphatic carbocycles. The lowest BCUT2D eigenvalue weighted by atomic mass is 10.2. The van der Waals surface area contributed by atoms with Gasteiger partial charge in [-0.3, -0.25) is 9.48 Å². The lowest BCUT2D eigenvalue weighted by molar-refractivity contribution is -0.155. The molecule has 0 atom stereocenters. The van der Waals surface area contributed by atoms with Crippen LogP contribution in [0.1, 0.15) is 47.1 Å². The van der Waals surface area contributed by atoms with Crippen molar-refractivity contribution in [3.05, 3.63) is 12.4 Å². The van der Waals surface area contributed by atoms with Crippen LogP contribution in [-0.2, 0) is 9.53 Å². The van der Waals surface area contributed by atoms with Crippen molar-refractivity contribution in [2.45, 2.75) is 52.7 Å². The first-order valence-electron chi connectivity index (χ1n) is 6.17. The molecule has 1 rings (SSSR count). The zero-order chi connectivity index (χ0) is 13.8. The number of esters is 1. The molecular weight excluding hydrogens is 232 g/mol. The molecule has 0 saturated heterocycles. The highest BCUT2D eigenvalue weighted by molar-refractivity contribution is 5.69. The molecule has 0 radical (unpaired) electrons. The van der Waals surface area contributed by atoms with Gasteiger partial charge >= 0.3 is 5.97 Å². The van der Waals surface area contributed by atoms with Crippen LogP contribution in [0.15, 0.2) is 12.4 Å². The van der Waals surface area contributed by atoms with Crippen molar-refractivity contribution in [1.29, 1.82) is 0 Å². The lowest BCUT2D eigenvalue weighted by Crippen LogP contribution is -2.24. The van der Waals surface area contributed by atoms with Crippen LogP contribution in [0.5, 0.6) is 5.75 Å². The molecule has 0 amide bonds. The number of carbonyl (C=O) groups is 1. The third-order valence-electron chi connectivity index (χ3n) is 2.10. The molecule has 0 N–H and O–H groups in total. The molecule has 0 aliphatic heterocycles. The third-order valence-corrected chi connectivity index (χ3v) is 2.10. The summed E-state index contributed by atoms with van der Waals surface area (Å²) in [4.78, 5) is 11.4. The van der Waals surface area contributed by atoms with Gasteiger partial charge in [0, 0.05) is 6.04 Å². The molecule has 0 aromatic carbocycles. The molecule has 5 heteroatoms. The first-order valence-corrected chi connectivity index (χ1v) is 6.17. The minimum Gasteiger partial charge on any atom is -0.490 e. The second kappa shape index (κ2) is 5.89. The maximum atomic E-state index is 11.4. The Balaban J connectivity index is 2.31. The Morgan fingerprint density at radius 2 is 2.11 bits per heavy atom. The van der Waals surface area contributed by atoms with Crippen LogP contribution in [0.2, 0.25) is 0 Å². The molecule has 102 valence electrons. The van der Waals surface area contributed by atoms with Gasteiger partial charge in [-0.2, -0.15) is 5.10 Å². The van der Waals surface area contributed by atoms with E-state index in [1.54, 1.807) is 6.20 Å². The molecule has 0 fully saturated rings. The van der Waals surface area contributed by atoms with Crippen molar-refractivity contribution < 1.29 is 14.3 Å². The van der Waals surface area contributed by atoms with E-state index < -0.39 is 5.60 Å². The molecule has 0 unspecified atom stereocenters. The Morgan fingerprint density at radius 3 is 2.61 bits per heavy atom. The van der Waals surface area contributed by atoms with Crippen LogP contribution in [0, 0.1) is 0 Å². The topological polar surface area (TPSA) is 53.4 Å². The standard InChI is InChI=1S/C13H22N2O3/c1-10(2)15-9-11(8-14-15)17-7-6-12(16)18-13(3,4)5/h8-10H,6-7H2,1-5H3. The normalized spacial score (nSPS) is 11.7. The SMILES string of the molecule is CC(C)n1cc(OCCC(=O)OC(C)(C)C)cn1. The van der Waals surface area contributed by atoms with Crippen molar-refractivity contribution in [2.75, 3.05) is 6.61 Å². The van der Waals surface area contributed by atoms with Gasteiger partial charge < -0.3 is 9.47 Å². The highest BCUT2D eigenvalue weighted by atomic mass is 16.6. The summed E-state index contributed by atoms with van der Waals surface area (Å²) in [5.41, 5.74) is -0.445. The Kier molecular flexibility index (Phi) is 4.76.